The lowest BCUT2D eigenvalue weighted by atomic mass is 10.2. The van der Waals surface area contributed by atoms with Crippen LogP contribution in [0.3, 0.4) is 0 Å². The van der Waals surface area contributed by atoms with Gasteiger partial charge in [-0.15, -0.1) is 11.8 Å². The number of alkyl halides is 3. The predicted molar refractivity (Wildman–Crippen MR) is 56.3 cm³/mol. The minimum absolute atomic E-state index is 0.181. The molecule has 0 atom stereocenters. The van der Waals surface area contributed by atoms with Gasteiger partial charge >= 0.3 is 6.18 Å². The van der Waals surface area contributed by atoms with Gasteiger partial charge in [0.25, 0.3) is 0 Å². The van der Waals surface area contributed by atoms with Crippen molar-refractivity contribution in [3.05, 3.63) is 23.5 Å². The van der Waals surface area contributed by atoms with Gasteiger partial charge in [-0.2, -0.15) is 13.2 Å². The molecule has 1 saturated heterocycles. The Morgan fingerprint density at radius 2 is 2.06 bits per heavy atom. The molecule has 0 amide bonds. The van der Waals surface area contributed by atoms with E-state index in [0.717, 1.165) is 0 Å². The molecule has 2 rings (SSSR count). The lowest BCUT2D eigenvalue weighted by Crippen LogP contribution is -2.10. The van der Waals surface area contributed by atoms with E-state index < -0.39 is 17.7 Å². The van der Waals surface area contributed by atoms with Crippen molar-refractivity contribution in [3.8, 4) is 0 Å². The largest absolute Gasteiger partial charge is 0.398 e. The van der Waals surface area contributed by atoms with Crippen LogP contribution in [0.4, 0.5) is 23.2 Å². The summed E-state index contributed by atoms with van der Waals surface area (Å²) in [6, 6.07) is 2.60. The second-order valence-electron chi connectivity index (χ2n) is 3.61. The Labute approximate surface area is 99.5 Å². The lowest BCUT2D eigenvalue weighted by molar-refractivity contribution is -0.105. The standard InChI is InChI=1S/C10H9F4NOS/c1-6-2-7(11)8(15-5-16-15)3-9(6)17-4-10(12,13)14/h2-3H,4-5H2,1H3. The molecule has 1 fully saturated rings. The van der Waals surface area contributed by atoms with Crippen molar-refractivity contribution in [2.75, 3.05) is 17.5 Å². The molecule has 1 aromatic rings. The van der Waals surface area contributed by atoms with Crippen molar-refractivity contribution in [1.29, 1.82) is 0 Å². The van der Waals surface area contributed by atoms with Crippen molar-refractivity contribution >= 4 is 17.4 Å². The summed E-state index contributed by atoms with van der Waals surface area (Å²) < 4.78 is 49.7. The molecule has 2 nitrogen and oxygen atoms in total. The number of hydrogen-bond acceptors (Lipinski definition) is 3. The van der Waals surface area contributed by atoms with Crippen LogP contribution in [0.5, 0.6) is 0 Å². The summed E-state index contributed by atoms with van der Waals surface area (Å²) in [5.41, 5.74) is 0.669. The van der Waals surface area contributed by atoms with Gasteiger partial charge in [-0.3, -0.25) is 0 Å². The predicted octanol–water partition coefficient (Wildman–Crippen LogP) is 3.50. The fourth-order valence-corrected chi connectivity index (χ4v) is 2.12. The van der Waals surface area contributed by atoms with Crippen LogP contribution < -0.4 is 5.06 Å². The maximum atomic E-state index is 13.4. The molecule has 1 aliphatic heterocycles. The minimum Gasteiger partial charge on any atom is -0.247 e. The zero-order valence-electron chi connectivity index (χ0n) is 8.84. The zero-order valence-corrected chi connectivity index (χ0v) is 9.66. The number of thioether (sulfide) groups is 1. The number of anilines is 1. The fraction of sp³-hybridized carbons (Fsp3) is 0.400. The third kappa shape index (κ3) is 3.26. The highest BCUT2D eigenvalue weighted by molar-refractivity contribution is 7.99. The number of aryl methyl sites for hydroxylation is 1. The Bertz CT molecular complexity index is 431. The second-order valence-corrected chi connectivity index (χ2v) is 4.63. The molecular weight excluding hydrogens is 258 g/mol. The van der Waals surface area contributed by atoms with Gasteiger partial charge in [-0.25, -0.2) is 14.3 Å². The third-order valence-corrected chi connectivity index (χ3v) is 3.39. The van der Waals surface area contributed by atoms with Crippen molar-refractivity contribution in [2.45, 2.75) is 18.0 Å². The van der Waals surface area contributed by atoms with E-state index >= 15 is 0 Å². The molecule has 0 bridgehead atoms. The molecule has 94 valence electrons. The highest BCUT2D eigenvalue weighted by Gasteiger charge is 2.29. The van der Waals surface area contributed by atoms with Crippen LogP contribution in [-0.2, 0) is 4.84 Å². The summed E-state index contributed by atoms with van der Waals surface area (Å²) in [4.78, 5) is 5.19. The van der Waals surface area contributed by atoms with Gasteiger partial charge in [0.2, 0.25) is 0 Å². The molecule has 0 saturated carbocycles. The summed E-state index contributed by atoms with van der Waals surface area (Å²) in [6.07, 6.45) is -4.23. The average Bonchev–Trinajstić information content (AvgIpc) is 2.98. The number of hydroxylamine groups is 1. The van der Waals surface area contributed by atoms with Gasteiger partial charge in [-0.05, 0) is 24.6 Å². The smallest absolute Gasteiger partial charge is 0.247 e. The topological polar surface area (TPSA) is 15.5 Å². The van der Waals surface area contributed by atoms with Crippen molar-refractivity contribution in [1.82, 2.24) is 0 Å². The maximum Gasteiger partial charge on any atom is 0.398 e. The Hall–Kier alpha value is -0.950. The first-order valence-corrected chi connectivity index (χ1v) is 5.75. The quantitative estimate of drug-likeness (QED) is 0.473. The summed E-state index contributed by atoms with van der Waals surface area (Å²) in [5.74, 6) is -1.48. The van der Waals surface area contributed by atoms with Crippen LogP contribution in [-0.4, -0.2) is 18.7 Å². The summed E-state index contributed by atoms with van der Waals surface area (Å²) in [6.45, 7) is 1.85. The summed E-state index contributed by atoms with van der Waals surface area (Å²) in [5, 5.41) is 1.28. The molecule has 0 spiro atoms. The number of rotatable bonds is 3. The second kappa shape index (κ2) is 4.38. The van der Waals surface area contributed by atoms with Crippen LogP contribution in [0.1, 0.15) is 5.56 Å². The fourth-order valence-electron chi connectivity index (χ4n) is 1.32. The molecule has 7 heteroatoms. The van der Waals surface area contributed by atoms with Gasteiger partial charge in [0, 0.05) is 4.90 Å². The van der Waals surface area contributed by atoms with E-state index in [1.807, 2.05) is 0 Å². The molecule has 0 aliphatic carbocycles. The number of hydrogen-bond donors (Lipinski definition) is 0. The molecule has 0 aromatic heterocycles. The van der Waals surface area contributed by atoms with E-state index in [2.05, 4.69) is 0 Å². The Morgan fingerprint density at radius 1 is 1.41 bits per heavy atom. The molecule has 1 aliphatic rings. The first-order chi connectivity index (χ1) is 7.87. The molecule has 1 heterocycles. The third-order valence-electron chi connectivity index (χ3n) is 2.16. The SMILES string of the molecule is Cc1cc(F)c(N2CO2)cc1SCC(F)(F)F. The van der Waals surface area contributed by atoms with Crippen LogP contribution in [0.2, 0.25) is 0 Å². The van der Waals surface area contributed by atoms with Crippen LogP contribution >= 0.6 is 11.8 Å². The van der Waals surface area contributed by atoms with E-state index in [1.54, 1.807) is 6.92 Å². The summed E-state index contributed by atoms with van der Waals surface area (Å²) in [7, 11) is 0. The van der Waals surface area contributed by atoms with E-state index in [0.29, 0.717) is 22.2 Å². The van der Waals surface area contributed by atoms with Gasteiger partial charge in [-0.1, -0.05) is 0 Å². The molecule has 0 N–H and O–H groups in total. The number of nitrogens with zero attached hydrogens (tertiary/aromatic N) is 1. The number of halogens is 4. The Balaban J connectivity index is 2.18. The molecular formula is C10H9F4NOS. The Morgan fingerprint density at radius 3 is 2.59 bits per heavy atom. The van der Waals surface area contributed by atoms with E-state index in [9.17, 15) is 17.6 Å². The van der Waals surface area contributed by atoms with Gasteiger partial charge in [0.05, 0.1) is 5.75 Å². The average molecular weight is 267 g/mol. The van der Waals surface area contributed by atoms with Crippen molar-refractivity contribution in [3.63, 3.8) is 0 Å². The molecule has 0 unspecified atom stereocenters. The zero-order chi connectivity index (χ0) is 12.6. The number of benzene rings is 1. The first-order valence-electron chi connectivity index (χ1n) is 4.77. The minimum atomic E-state index is -4.23. The maximum absolute atomic E-state index is 13.4. The van der Waals surface area contributed by atoms with Crippen LogP contribution in [0.25, 0.3) is 0 Å². The van der Waals surface area contributed by atoms with E-state index in [-0.39, 0.29) is 12.4 Å². The first kappa shape index (κ1) is 12.5. The Kier molecular flexibility index (Phi) is 3.22. The molecule has 1 aromatic carbocycles. The van der Waals surface area contributed by atoms with Crippen LogP contribution in [0, 0.1) is 12.7 Å². The highest BCUT2D eigenvalue weighted by atomic mass is 32.2. The lowest BCUT2D eigenvalue weighted by Gasteiger charge is -2.10. The molecule has 17 heavy (non-hydrogen) atoms. The van der Waals surface area contributed by atoms with Crippen molar-refractivity contribution in [2.24, 2.45) is 0 Å². The molecule has 0 radical (unpaired) electrons. The summed E-state index contributed by atoms with van der Waals surface area (Å²) >= 11 is 0.648. The normalized spacial score (nSPS) is 15.2. The van der Waals surface area contributed by atoms with E-state index in [1.165, 1.54) is 17.2 Å². The monoisotopic (exact) mass is 267 g/mol. The van der Waals surface area contributed by atoms with Crippen LogP contribution in [0.15, 0.2) is 17.0 Å². The van der Waals surface area contributed by atoms with Crippen molar-refractivity contribution < 1.29 is 22.4 Å². The van der Waals surface area contributed by atoms with Gasteiger partial charge in [0.15, 0.2) is 6.73 Å². The highest BCUT2D eigenvalue weighted by Crippen LogP contribution is 2.35. The van der Waals surface area contributed by atoms with Gasteiger partial charge < -0.3 is 0 Å². The van der Waals surface area contributed by atoms with E-state index in [4.69, 9.17) is 4.84 Å². The van der Waals surface area contributed by atoms with Gasteiger partial charge in [0.1, 0.15) is 11.5 Å².